The molecule has 0 bridgehead atoms. The monoisotopic (exact) mass is 394 g/mol. The predicted molar refractivity (Wildman–Crippen MR) is 105 cm³/mol. The zero-order chi connectivity index (χ0) is 18.9. The molecule has 0 unspecified atom stereocenters. The van der Waals surface area contributed by atoms with Gasteiger partial charge in [0.25, 0.3) is 5.78 Å². The van der Waals surface area contributed by atoms with Gasteiger partial charge in [0.05, 0.1) is 16.3 Å². The number of hydrogen-bond acceptors (Lipinski definition) is 4. The number of amidine groups is 1. The van der Waals surface area contributed by atoms with Crippen LogP contribution in [0.15, 0.2) is 53.0 Å². The predicted octanol–water partition coefficient (Wildman–Crippen LogP) is 4.08. The van der Waals surface area contributed by atoms with Gasteiger partial charge in [-0.2, -0.15) is 4.99 Å². The molecule has 0 radical (unpaired) electrons. The molecule has 0 aliphatic carbocycles. The van der Waals surface area contributed by atoms with Gasteiger partial charge in [-0.1, -0.05) is 35.9 Å². The maximum atomic E-state index is 12.3. The summed E-state index contributed by atoms with van der Waals surface area (Å²) in [6.07, 6.45) is 1.55. The Hall–Kier alpha value is -3.02. The average molecular weight is 395 g/mol. The molecule has 0 fully saturated rings. The lowest BCUT2D eigenvalue weighted by Gasteiger charge is -2.28. The number of benzene rings is 3. The van der Waals surface area contributed by atoms with Gasteiger partial charge in [-0.3, -0.25) is 14.4 Å². The number of anilines is 1. The van der Waals surface area contributed by atoms with Crippen LogP contribution in [0.4, 0.5) is 5.69 Å². The van der Waals surface area contributed by atoms with Crippen LogP contribution in [0.1, 0.15) is 5.56 Å². The second-order valence-electron chi connectivity index (χ2n) is 6.27. The second-order valence-corrected chi connectivity index (χ2v) is 7.02. The summed E-state index contributed by atoms with van der Waals surface area (Å²) < 4.78 is 1.10. The van der Waals surface area contributed by atoms with Crippen molar-refractivity contribution < 1.29 is 14.4 Å². The highest BCUT2D eigenvalue weighted by Gasteiger charge is 2.39. The highest BCUT2D eigenvalue weighted by atomic mass is 35.5. The molecule has 3 aromatic carbocycles. The fraction of sp³-hybridized carbons (Fsp3) is 0. The molecular formula is C20H8Cl2N2O3. The van der Waals surface area contributed by atoms with Gasteiger partial charge in [0.1, 0.15) is 0 Å². The van der Waals surface area contributed by atoms with Crippen LogP contribution in [-0.2, 0) is 14.4 Å². The summed E-state index contributed by atoms with van der Waals surface area (Å²) >= 11 is 12.9. The third-order valence-corrected chi connectivity index (χ3v) is 5.41. The minimum absolute atomic E-state index is 0.00104. The number of aliphatic imine (C=N–C) groups is 1. The Morgan fingerprint density at radius 1 is 0.889 bits per heavy atom. The molecule has 27 heavy (non-hydrogen) atoms. The Morgan fingerprint density at radius 2 is 1.56 bits per heavy atom. The summed E-state index contributed by atoms with van der Waals surface area (Å²) in [5, 5.41) is 4.07. The molecule has 7 heteroatoms. The van der Waals surface area contributed by atoms with Gasteiger partial charge in [-0.15, -0.1) is 0 Å². The summed E-state index contributed by atoms with van der Waals surface area (Å²) in [5.74, 6) is -3.26. The van der Waals surface area contributed by atoms with Crippen LogP contribution < -0.4 is 4.42 Å². The molecule has 5 rings (SSSR count). The molecule has 2 aliphatic heterocycles. The molecule has 0 saturated carbocycles. The minimum atomic E-state index is -1.16. The number of fused-ring (bicyclic) bond motifs is 5. The quantitative estimate of drug-likeness (QED) is 0.327. The standard InChI is InChI=1S/C20H8Cl2N2O3/c21-15-8-16-13(11-5-9-3-1-2-4-10(9)6-12(11)15)7-14-17(25)18(26)20(27)23-19(14)24(16)22/h1-8H. The van der Waals surface area contributed by atoms with E-state index in [1.807, 2.05) is 36.4 Å². The first-order valence-corrected chi connectivity index (χ1v) is 8.72. The largest absolute Gasteiger partial charge is 0.323 e. The third-order valence-electron chi connectivity index (χ3n) is 4.75. The number of carbonyl (C=O) groups excluding carboxylic acids is 3. The first kappa shape index (κ1) is 16.2. The van der Waals surface area contributed by atoms with E-state index in [9.17, 15) is 14.4 Å². The van der Waals surface area contributed by atoms with Crippen molar-refractivity contribution in [1.82, 2.24) is 0 Å². The Bertz CT molecular complexity index is 1310. The molecule has 0 atom stereocenters. The van der Waals surface area contributed by atoms with Crippen molar-refractivity contribution in [2.45, 2.75) is 0 Å². The fourth-order valence-electron chi connectivity index (χ4n) is 3.45. The Balaban J connectivity index is 1.90. The van der Waals surface area contributed by atoms with Crippen LogP contribution in [0.2, 0.25) is 5.02 Å². The Kier molecular flexibility index (Phi) is 3.29. The molecule has 2 heterocycles. The van der Waals surface area contributed by atoms with E-state index < -0.39 is 17.5 Å². The molecule has 1 amide bonds. The van der Waals surface area contributed by atoms with Gasteiger partial charge < -0.3 is 0 Å². The number of ketones is 2. The molecule has 2 aliphatic rings. The minimum Gasteiger partial charge on any atom is -0.285 e. The van der Waals surface area contributed by atoms with E-state index in [0.29, 0.717) is 16.3 Å². The van der Waals surface area contributed by atoms with Crippen LogP contribution in [0.3, 0.4) is 0 Å². The first-order valence-electron chi connectivity index (χ1n) is 8.00. The summed E-state index contributed by atoms with van der Waals surface area (Å²) in [7, 11) is 0. The normalized spacial score (nSPS) is 16.4. The molecule has 130 valence electrons. The molecule has 0 spiro atoms. The van der Waals surface area contributed by atoms with Crippen LogP contribution in [0.5, 0.6) is 0 Å². The lowest BCUT2D eigenvalue weighted by molar-refractivity contribution is -0.142. The summed E-state index contributed by atoms with van der Waals surface area (Å²) in [4.78, 5) is 39.4. The number of amides is 1. The molecule has 0 saturated heterocycles. The molecule has 0 N–H and O–H groups in total. The highest BCUT2D eigenvalue weighted by Crippen LogP contribution is 2.42. The summed E-state index contributed by atoms with van der Waals surface area (Å²) in [6, 6.07) is 13.4. The van der Waals surface area contributed by atoms with Crippen molar-refractivity contribution in [2.75, 3.05) is 4.42 Å². The number of halogens is 2. The lowest BCUT2D eigenvalue weighted by atomic mass is 9.91. The Morgan fingerprint density at radius 3 is 2.26 bits per heavy atom. The van der Waals surface area contributed by atoms with Gasteiger partial charge >= 0.3 is 5.91 Å². The lowest BCUT2D eigenvalue weighted by Crippen LogP contribution is -2.40. The number of Topliss-reactive ketones (excluding diaryl/α,β-unsaturated/α-hetero) is 2. The zero-order valence-corrected chi connectivity index (χ0v) is 15.0. The maximum absolute atomic E-state index is 12.3. The van der Waals surface area contributed by atoms with Crippen LogP contribution >= 0.6 is 23.4 Å². The molecule has 3 aromatic rings. The fourth-order valence-corrected chi connectivity index (χ4v) is 3.98. The summed E-state index contributed by atoms with van der Waals surface area (Å²) in [6.45, 7) is 0. The number of hydrogen-bond donors (Lipinski definition) is 0. The average Bonchev–Trinajstić information content (AvgIpc) is 2.67. The van der Waals surface area contributed by atoms with E-state index in [2.05, 4.69) is 4.99 Å². The van der Waals surface area contributed by atoms with Gasteiger partial charge in [0, 0.05) is 22.7 Å². The first-order chi connectivity index (χ1) is 13.0. The second kappa shape index (κ2) is 5.49. The van der Waals surface area contributed by atoms with Crippen molar-refractivity contribution >= 4 is 80.0 Å². The van der Waals surface area contributed by atoms with E-state index in [1.54, 1.807) is 12.1 Å². The third kappa shape index (κ3) is 2.19. The zero-order valence-electron chi connectivity index (χ0n) is 13.5. The van der Waals surface area contributed by atoms with Crippen molar-refractivity contribution in [3.05, 3.63) is 58.6 Å². The Labute approximate surface area is 162 Å². The molecule has 0 aromatic heterocycles. The van der Waals surface area contributed by atoms with Crippen molar-refractivity contribution in [2.24, 2.45) is 4.99 Å². The van der Waals surface area contributed by atoms with Gasteiger partial charge in [-0.25, -0.2) is 4.42 Å². The van der Waals surface area contributed by atoms with Crippen LogP contribution in [-0.4, -0.2) is 23.3 Å². The smallest absolute Gasteiger partial charge is 0.285 e. The molecular weight excluding hydrogens is 387 g/mol. The summed E-state index contributed by atoms with van der Waals surface area (Å²) in [5.41, 5.74) is 1.13. The SMILES string of the molecule is O=C1N=C2C(=Cc3c(cc(Cl)c4cc5ccccc5cc34)N2Cl)C(=O)C1=O. The number of nitrogens with zero attached hydrogens (tertiary/aromatic N) is 2. The number of rotatable bonds is 0. The topological polar surface area (TPSA) is 66.8 Å². The van der Waals surface area contributed by atoms with Gasteiger partial charge in [0.15, 0.2) is 5.84 Å². The van der Waals surface area contributed by atoms with Gasteiger partial charge in [-0.05, 0) is 40.4 Å². The van der Waals surface area contributed by atoms with Crippen molar-refractivity contribution in [3.63, 3.8) is 0 Å². The highest BCUT2D eigenvalue weighted by molar-refractivity contribution is 6.74. The van der Waals surface area contributed by atoms with E-state index >= 15 is 0 Å². The molecule has 5 nitrogen and oxygen atoms in total. The van der Waals surface area contributed by atoms with Gasteiger partial charge in [0.2, 0.25) is 5.78 Å². The van der Waals surface area contributed by atoms with Crippen LogP contribution in [0.25, 0.3) is 27.6 Å². The van der Waals surface area contributed by atoms with Crippen molar-refractivity contribution in [1.29, 1.82) is 0 Å². The van der Waals surface area contributed by atoms with E-state index in [4.69, 9.17) is 23.4 Å². The van der Waals surface area contributed by atoms with E-state index in [1.165, 1.54) is 0 Å². The van der Waals surface area contributed by atoms with Crippen LogP contribution in [0, 0.1) is 0 Å². The van der Waals surface area contributed by atoms with Crippen molar-refractivity contribution in [3.8, 4) is 0 Å². The van der Waals surface area contributed by atoms with E-state index in [-0.39, 0.29) is 11.4 Å². The number of carbonyl (C=O) groups is 3. The maximum Gasteiger partial charge on any atom is 0.323 e. The van der Waals surface area contributed by atoms with E-state index in [0.717, 1.165) is 26.0 Å².